The van der Waals surface area contributed by atoms with Gasteiger partial charge in [-0.2, -0.15) is 0 Å². The summed E-state index contributed by atoms with van der Waals surface area (Å²) in [6.45, 7) is 14.1. The van der Waals surface area contributed by atoms with Gasteiger partial charge in [0.2, 0.25) is 0 Å². The molecule has 1 aromatic carbocycles. The Hall–Kier alpha value is -2.02. The van der Waals surface area contributed by atoms with E-state index in [-0.39, 0.29) is 10.0 Å². The Morgan fingerprint density at radius 1 is 1.03 bits per heavy atom. The van der Waals surface area contributed by atoms with E-state index in [2.05, 4.69) is 20.9 Å². The molecule has 1 heterocycles. The average Bonchev–Trinajstić information content (AvgIpc) is 2.53. The van der Waals surface area contributed by atoms with Gasteiger partial charge >= 0.3 is 11.9 Å². The van der Waals surface area contributed by atoms with Crippen LogP contribution in [0.3, 0.4) is 0 Å². The zero-order valence-electron chi connectivity index (χ0n) is 18.7. The summed E-state index contributed by atoms with van der Waals surface area (Å²) in [4.78, 5) is 30.8. The molecule has 0 saturated carbocycles. The van der Waals surface area contributed by atoms with Gasteiger partial charge in [-0.05, 0) is 89.0 Å². The zero-order chi connectivity index (χ0) is 23.0. The molecule has 5 nitrogen and oxygen atoms in total. The lowest BCUT2D eigenvalue weighted by Crippen LogP contribution is -2.40. The fourth-order valence-corrected chi connectivity index (χ4v) is 3.77. The van der Waals surface area contributed by atoms with Crippen LogP contribution in [0.1, 0.15) is 66.9 Å². The highest BCUT2D eigenvalue weighted by molar-refractivity contribution is 9.10. The lowest BCUT2D eigenvalue weighted by atomic mass is 9.75. The highest BCUT2D eigenvalue weighted by Crippen LogP contribution is 2.42. The van der Waals surface area contributed by atoms with E-state index < -0.39 is 40.8 Å². The summed E-state index contributed by atoms with van der Waals surface area (Å²) >= 11 is 3.20. The van der Waals surface area contributed by atoms with Crippen molar-refractivity contribution in [2.24, 2.45) is 10.9 Å². The van der Waals surface area contributed by atoms with Gasteiger partial charge < -0.3 is 9.47 Å². The topological polar surface area (TPSA) is 65.0 Å². The van der Waals surface area contributed by atoms with Crippen molar-refractivity contribution in [3.05, 3.63) is 45.3 Å². The zero-order valence-corrected chi connectivity index (χ0v) is 20.3. The first-order chi connectivity index (χ1) is 13.6. The van der Waals surface area contributed by atoms with Crippen LogP contribution in [0, 0.1) is 11.7 Å². The Morgan fingerprint density at radius 3 is 2.10 bits per heavy atom. The normalized spacial score (nSPS) is 20.0. The lowest BCUT2D eigenvalue weighted by molar-refractivity contribution is -0.158. The molecule has 1 aliphatic heterocycles. The Balaban J connectivity index is 2.67. The largest absolute Gasteiger partial charge is 0.459 e. The molecule has 0 aromatic heterocycles. The summed E-state index contributed by atoms with van der Waals surface area (Å²) in [5.41, 5.74) is 0.411. The summed E-state index contributed by atoms with van der Waals surface area (Å²) in [6.07, 6.45) is 0. The third-order valence-electron chi connectivity index (χ3n) is 4.41. The monoisotopic (exact) mass is 481 g/mol. The standard InChI is InChI=1S/C23H29BrFNO4/c1-12-17(20(27)29-22(3,4)5)19(14-9-10-16(25)15(24)11-14)18(13(2)26-12)21(28)30-23(6,7)8/h9-11,17,19H,1-8H3. The fourth-order valence-electron chi connectivity index (χ4n) is 3.37. The highest BCUT2D eigenvalue weighted by atomic mass is 79.9. The number of aliphatic imine (C=N–C) groups is 1. The van der Waals surface area contributed by atoms with Crippen LogP contribution in [0.15, 0.2) is 38.9 Å². The van der Waals surface area contributed by atoms with Crippen LogP contribution in [0.4, 0.5) is 4.39 Å². The number of allylic oxidation sites excluding steroid dienone is 1. The quantitative estimate of drug-likeness (QED) is 0.517. The number of esters is 2. The van der Waals surface area contributed by atoms with Crippen molar-refractivity contribution >= 4 is 33.6 Å². The molecule has 0 amide bonds. The maximum absolute atomic E-state index is 13.9. The maximum Gasteiger partial charge on any atom is 0.337 e. The van der Waals surface area contributed by atoms with Crippen molar-refractivity contribution < 1.29 is 23.5 Å². The van der Waals surface area contributed by atoms with E-state index in [1.165, 1.54) is 6.07 Å². The van der Waals surface area contributed by atoms with Gasteiger partial charge in [0, 0.05) is 17.3 Å². The SMILES string of the molecule is CC1=NC(C)=C(C(=O)OC(C)(C)C)C(c2ccc(F)c(Br)c2)C1C(=O)OC(C)(C)C. The van der Waals surface area contributed by atoms with Gasteiger partial charge in [0.15, 0.2) is 0 Å². The van der Waals surface area contributed by atoms with Crippen LogP contribution >= 0.6 is 15.9 Å². The Labute approximate surface area is 185 Å². The van der Waals surface area contributed by atoms with Crippen LogP contribution in [0.25, 0.3) is 0 Å². The minimum atomic E-state index is -0.840. The molecular formula is C23H29BrFNO4. The Morgan fingerprint density at radius 2 is 1.60 bits per heavy atom. The van der Waals surface area contributed by atoms with E-state index in [4.69, 9.17) is 9.47 Å². The van der Waals surface area contributed by atoms with Gasteiger partial charge in [0.1, 0.15) is 22.9 Å². The molecule has 164 valence electrons. The predicted octanol–water partition coefficient (Wildman–Crippen LogP) is 5.72. The average molecular weight is 482 g/mol. The number of halogens is 2. The smallest absolute Gasteiger partial charge is 0.337 e. The van der Waals surface area contributed by atoms with Gasteiger partial charge in [-0.25, -0.2) is 9.18 Å². The summed E-state index contributed by atoms with van der Waals surface area (Å²) in [7, 11) is 0. The van der Waals surface area contributed by atoms with Crippen LogP contribution in [-0.2, 0) is 19.1 Å². The molecule has 2 unspecified atom stereocenters. The van der Waals surface area contributed by atoms with Crippen molar-refractivity contribution in [3.8, 4) is 0 Å². The van der Waals surface area contributed by atoms with Crippen molar-refractivity contribution in [2.45, 2.75) is 72.5 Å². The van der Waals surface area contributed by atoms with Gasteiger partial charge in [-0.3, -0.25) is 9.79 Å². The van der Waals surface area contributed by atoms with Crippen molar-refractivity contribution in [1.82, 2.24) is 0 Å². The van der Waals surface area contributed by atoms with Crippen LogP contribution in [0.5, 0.6) is 0 Å². The van der Waals surface area contributed by atoms with Gasteiger partial charge in [0.25, 0.3) is 0 Å². The second-order valence-electron chi connectivity index (χ2n) is 9.42. The fraction of sp³-hybridized carbons (Fsp3) is 0.522. The van der Waals surface area contributed by atoms with Crippen molar-refractivity contribution in [1.29, 1.82) is 0 Å². The minimum Gasteiger partial charge on any atom is -0.459 e. The molecule has 0 fully saturated rings. The minimum absolute atomic E-state index is 0.240. The van der Waals surface area contributed by atoms with Gasteiger partial charge in [-0.1, -0.05) is 6.07 Å². The predicted molar refractivity (Wildman–Crippen MR) is 118 cm³/mol. The van der Waals surface area contributed by atoms with Crippen molar-refractivity contribution in [3.63, 3.8) is 0 Å². The second kappa shape index (κ2) is 8.61. The number of nitrogens with zero attached hydrogens (tertiary/aromatic N) is 1. The first-order valence-electron chi connectivity index (χ1n) is 9.78. The number of hydrogen-bond donors (Lipinski definition) is 0. The van der Waals surface area contributed by atoms with Gasteiger partial charge in [0.05, 0.1) is 10.0 Å². The molecule has 1 aromatic rings. The molecule has 0 spiro atoms. The summed E-state index contributed by atoms with van der Waals surface area (Å²) in [6, 6.07) is 4.45. The lowest BCUT2D eigenvalue weighted by Gasteiger charge is -2.34. The molecule has 1 aliphatic rings. The summed E-state index contributed by atoms with van der Waals surface area (Å²) in [5, 5.41) is 0. The number of rotatable bonds is 3. The molecule has 0 aliphatic carbocycles. The molecule has 0 bridgehead atoms. The molecule has 0 radical (unpaired) electrons. The number of ether oxygens (including phenoxy) is 2. The number of hydrogen-bond acceptors (Lipinski definition) is 5. The van der Waals surface area contributed by atoms with Gasteiger partial charge in [-0.15, -0.1) is 0 Å². The van der Waals surface area contributed by atoms with E-state index in [0.29, 0.717) is 17.0 Å². The third kappa shape index (κ3) is 5.78. The Kier molecular flexibility index (Phi) is 6.96. The molecule has 0 saturated heterocycles. The van der Waals surface area contributed by atoms with E-state index in [1.54, 1.807) is 67.5 Å². The molecule has 2 rings (SSSR count). The molecule has 2 atom stereocenters. The van der Waals surface area contributed by atoms with E-state index >= 15 is 0 Å². The second-order valence-corrected chi connectivity index (χ2v) is 10.3. The van der Waals surface area contributed by atoms with E-state index in [0.717, 1.165) is 0 Å². The first-order valence-corrected chi connectivity index (χ1v) is 10.6. The number of carbonyl (C=O) groups excluding carboxylic acids is 2. The summed E-state index contributed by atoms with van der Waals surface area (Å²) in [5.74, 6) is -3.05. The molecule has 0 N–H and O–H groups in total. The van der Waals surface area contributed by atoms with E-state index in [1.807, 2.05) is 0 Å². The number of benzene rings is 1. The highest BCUT2D eigenvalue weighted by Gasteiger charge is 2.44. The van der Waals surface area contributed by atoms with Crippen LogP contribution in [-0.4, -0.2) is 28.9 Å². The third-order valence-corrected chi connectivity index (χ3v) is 5.02. The Bertz CT molecular complexity index is 922. The maximum atomic E-state index is 13.9. The number of carbonyl (C=O) groups is 2. The molecule has 7 heteroatoms. The first kappa shape index (κ1) is 24.3. The molecule has 30 heavy (non-hydrogen) atoms. The van der Waals surface area contributed by atoms with Crippen LogP contribution in [0.2, 0.25) is 0 Å². The van der Waals surface area contributed by atoms with Crippen LogP contribution < -0.4 is 0 Å². The van der Waals surface area contributed by atoms with E-state index in [9.17, 15) is 14.0 Å². The van der Waals surface area contributed by atoms with Crippen molar-refractivity contribution in [2.75, 3.05) is 0 Å². The summed E-state index contributed by atoms with van der Waals surface area (Å²) < 4.78 is 25.4. The molecular weight excluding hydrogens is 453 g/mol.